The zero-order valence-corrected chi connectivity index (χ0v) is 12.5. The SMILES string of the molecule is CCc1ocnc1C(=O)N[C@H]1COC[C@H]1Cc1ccncc1. The van der Waals surface area contributed by atoms with Gasteiger partial charge in [0.05, 0.1) is 19.3 Å². The van der Waals surface area contributed by atoms with E-state index in [4.69, 9.17) is 9.15 Å². The van der Waals surface area contributed by atoms with Crippen LogP contribution in [0.2, 0.25) is 0 Å². The van der Waals surface area contributed by atoms with Gasteiger partial charge in [0.25, 0.3) is 5.91 Å². The van der Waals surface area contributed by atoms with Gasteiger partial charge in [-0.3, -0.25) is 9.78 Å². The first-order valence-electron chi connectivity index (χ1n) is 7.47. The summed E-state index contributed by atoms with van der Waals surface area (Å²) in [7, 11) is 0. The van der Waals surface area contributed by atoms with Crippen molar-refractivity contribution in [1.29, 1.82) is 0 Å². The maximum atomic E-state index is 12.3. The lowest BCUT2D eigenvalue weighted by Crippen LogP contribution is -2.41. The van der Waals surface area contributed by atoms with E-state index in [2.05, 4.69) is 15.3 Å². The molecule has 0 bridgehead atoms. The number of rotatable bonds is 5. The number of nitrogens with zero attached hydrogens (tertiary/aromatic N) is 2. The lowest BCUT2D eigenvalue weighted by Gasteiger charge is -2.18. The Labute approximate surface area is 128 Å². The minimum absolute atomic E-state index is 0.0120. The Morgan fingerprint density at radius 2 is 2.18 bits per heavy atom. The lowest BCUT2D eigenvalue weighted by atomic mass is 9.95. The molecule has 6 heteroatoms. The van der Waals surface area contributed by atoms with Crippen molar-refractivity contribution in [2.75, 3.05) is 13.2 Å². The number of aromatic nitrogens is 2. The Kier molecular flexibility index (Phi) is 4.48. The summed E-state index contributed by atoms with van der Waals surface area (Å²) in [6.07, 6.45) is 6.37. The maximum Gasteiger partial charge on any atom is 0.273 e. The van der Waals surface area contributed by atoms with Gasteiger partial charge in [0.15, 0.2) is 12.1 Å². The quantitative estimate of drug-likeness (QED) is 0.908. The van der Waals surface area contributed by atoms with E-state index in [1.54, 1.807) is 12.4 Å². The first-order valence-corrected chi connectivity index (χ1v) is 7.47. The van der Waals surface area contributed by atoms with Crippen molar-refractivity contribution in [2.45, 2.75) is 25.8 Å². The van der Waals surface area contributed by atoms with E-state index in [0.717, 1.165) is 6.42 Å². The van der Waals surface area contributed by atoms with Crippen LogP contribution in [0.1, 0.15) is 28.7 Å². The highest BCUT2D eigenvalue weighted by atomic mass is 16.5. The average Bonchev–Trinajstić information content (AvgIpc) is 3.18. The van der Waals surface area contributed by atoms with Gasteiger partial charge in [-0.15, -0.1) is 0 Å². The molecule has 116 valence electrons. The molecule has 6 nitrogen and oxygen atoms in total. The summed E-state index contributed by atoms with van der Waals surface area (Å²) >= 11 is 0. The highest BCUT2D eigenvalue weighted by molar-refractivity contribution is 5.93. The van der Waals surface area contributed by atoms with Crippen LogP contribution < -0.4 is 5.32 Å². The number of hydrogen-bond donors (Lipinski definition) is 1. The molecule has 0 saturated carbocycles. The summed E-state index contributed by atoms with van der Waals surface area (Å²) < 4.78 is 10.8. The largest absolute Gasteiger partial charge is 0.448 e. The zero-order valence-electron chi connectivity index (χ0n) is 12.5. The number of carbonyl (C=O) groups is 1. The standard InChI is InChI=1S/C16H19N3O3/c1-2-14-15(18-10-22-14)16(20)19-13-9-21-8-12(13)7-11-3-5-17-6-4-11/h3-6,10,12-13H,2,7-9H2,1H3,(H,19,20)/t12-,13+/m1/s1. The molecule has 0 spiro atoms. The molecular formula is C16H19N3O3. The summed E-state index contributed by atoms with van der Waals surface area (Å²) in [5, 5.41) is 3.02. The lowest BCUT2D eigenvalue weighted by molar-refractivity contribution is 0.0918. The Bertz CT molecular complexity index is 627. The Morgan fingerprint density at radius 1 is 1.36 bits per heavy atom. The Morgan fingerprint density at radius 3 is 2.95 bits per heavy atom. The molecule has 3 heterocycles. The number of nitrogens with one attached hydrogen (secondary N) is 1. The van der Waals surface area contributed by atoms with Crippen LogP contribution in [0.4, 0.5) is 0 Å². The molecule has 1 aliphatic heterocycles. The van der Waals surface area contributed by atoms with Crippen molar-refractivity contribution in [3.8, 4) is 0 Å². The predicted molar refractivity (Wildman–Crippen MR) is 79.4 cm³/mol. The van der Waals surface area contributed by atoms with Crippen molar-refractivity contribution in [3.63, 3.8) is 0 Å². The van der Waals surface area contributed by atoms with E-state index in [1.807, 2.05) is 19.1 Å². The van der Waals surface area contributed by atoms with Gasteiger partial charge in [0.1, 0.15) is 5.76 Å². The molecule has 0 unspecified atom stereocenters. The normalized spacial score (nSPS) is 21.0. The molecular weight excluding hydrogens is 282 g/mol. The van der Waals surface area contributed by atoms with Gasteiger partial charge in [0.2, 0.25) is 0 Å². The van der Waals surface area contributed by atoms with E-state index >= 15 is 0 Å². The van der Waals surface area contributed by atoms with Crippen LogP contribution in [0.3, 0.4) is 0 Å². The second-order valence-electron chi connectivity index (χ2n) is 5.41. The maximum absolute atomic E-state index is 12.3. The number of aryl methyl sites for hydroxylation is 1. The Hall–Kier alpha value is -2.21. The van der Waals surface area contributed by atoms with Crippen LogP contribution in [0.5, 0.6) is 0 Å². The van der Waals surface area contributed by atoms with Crippen LogP contribution in [0.15, 0.2) is 35.3 Å². The summed E-state index contributed by atoms with van der Waals surface area (Å²) in [5.74, 6) is 0.672. The molecule has 1 fully saturated rings. The first-order chi connectivity index (χ1) is 10.8. The Balaban J connectivity index is 1.65. The third kappa shape index (κ3) is 3.17. The summed E-state index contributed by atoms with van der Waals surface area (Å²) in [6.45, 7) is 3.11. The molecule has 3 rings (SSSR count). The molecule has 2 aromatic rings. The van der Waals surface area contributed by atoms with E-state index in [0.29, 0.717) is 31.1 Å². The summed E-state index contributed by atoms with van der Waals surface area (Å²) in [4.78, 5) is 20.4. The van der Waals surface area contributed by atoms with Crippen LogP contribution in [0, 0.1) is 5.92 Å². The highest BCUT2D eigenvalue weighted by Crippen LogP contribution is 2.19. The first kappa shape index (κ1) is 14.7. The van der Waals surface area contributed by atoms with E-state index in [1.165, 1.54) is 12.0 Å². The zero-order chi connectivity index (χ0) is 15.4. The van der Waals surface area contributed by atoms with Crippen LogP contribution >= 0.6 is 0 Å². The van der Waals surface area contributed by atoms with Crippen LogP contribution in [-0.2, 0) is 17.6 Å². The van der Waals surface area contributed by atoms with Crippen molar-refractivity contribution in [3.05, 3.63) is 47.9 Å². The number of hydrogen-bond acceptors (Lipinski definition) is 5. The molecule has 1 amide bonds. The third-order valence-corrected chi connectivity index (χ3v) is 3.94. The average molecular weight is 301 g/mol. The van der Waals surface area contributed by atoms with Crippen molar-refractivity contribution >= 4 is 5.91 Å². The molecule has 0 radical (unpaired) electrons. The monoisotopic (exact) mass is 301 g/mol. The molecule has 0 aromatic carbocycles. The molecule has 0 aliphatic carbocycles. The molecule has 1 saturated heterocycles. The van der Waals surface area contributed by atoms with E-state index in [9.17, 15) is 4.79 Å². The van der Waals surface area contributed by atoms with Gasteiger partial charge in [-0.2, -0.15) is 0 Å². The van der Waals surface area contributed by atoms with Gasteiger partial charge in [-0.25, -0.2) is 4.98 Å². The fourth-order valence-electron chi connectivity index (χ4n) is 2.72. The molecule has 2 atom stereocenters. The van der Waals surface area contributed by atoms with Gasteiger partial charge in [-0.05, 0) is 24.1 Å². The van der Waals surface area contributed by atoms with Crippen molar-refractivity contribution in [1.82, 2.24) is 15.3 Å². The summed E-state index contributed by atoms with van der Waals surface area (Å²) in [6, 6.07) is 3.97. The summed E-state index contributed by atoms with van der Waals surface area (Å²) in [5.41, 5.74) is 1.57. The van der Waals surface area contributed by atoms with Crippen LogP contribution in [0.25, 0.3) is 0 Å². The third-order valence-electron chi connectivity index (χ3n) is 3.94. The highest BCUT2D eigenvalue weighted by Gasteiger charge is 2.31. The number of pyridine rings is 1. The molecule has 1 N–H and O–H groups in total. The minimum atomic E-state index is -0.194. The smallest absolute Gasteiger partial charge is 0.273 e. The predicted octanol–water partition coefficient (Wildman–Crippen LogP) is 1.62. The fraction of sp³-hybridized carbons (Fsp3) is 0.438. The van der Waals surface area contributed by atoms with Crippen LogP contribution in [-0.4, -0.2) is 35.1 Å². The van der Waals surface area contributed by atoms with Gasteiger partial charge in [0, 0.05) is 24.7 Å². The molecule has 22 heavy (non-hydrogen) atoms. The number of carbonyl (C=O) groups excluding carboxylic acids is 1. The molecule has 2 aromatic heterocycles. The van der Waals surface area contributed by atoms with Gasteiger partial charge in [-0.1, -0.05) is 6.92 Å². The number of ether oxygens (including phenoxy) is 1. The van der Waals surface area contributed by atoms with E-state index < -0.39 is 0 Å². The molecule has 1 aliphatic rings. The minimum Gasteiger partial charge on any atom is -0.448 e. The fourth-order valence-corrected chi connectivity index (χ4v) is 2.72. The van der Waals surface area contributed by atoms with E-state index in [-0.39, 0.29) is 17.9 Å². The number of amides is 1. The van der Waals surface area contributed by atoms with Crippen molar-refractivity contribution < 1.29 is 13.9 Å². The second kappa shape index (κ2) is 6.70. The van der Waals surface area contributed by atoms with Gasteiger partial charge < -0.3 is 14.5 Å². The number of oxazole rings is 1. The topological polar surface area (TPSA) is 77.2 Å². The van der Waals surface area contributed by atoms with Crippen molar-refractivity contribution in [2.24, 2.45) is 5.92 Å². The second-order valence-corrected chi connectivity index (χ2v) is 5.41. The van der Waals surface area contributed by atoms with Gasteiger partial charge >= 0.3 is 0 Å².